The average molecular weight is 389 g/mol. The molecule has 1 saturated carbocycles. The number of hydrogen-bond donors (Lipinski definition) is 2. The van der Waals surface area contributed by atoms with Gasteiger partial charge in [-0.15, -0.1) is 0 Å². The van der Waals surface area contributed by atoms with Gasteiger partial charge in [-0.3, -0.25) is 9.78 Å². The van der Waals surface area contributed by atoms with Gasteiger partial charge in [-0.25, -0.2) is 0 Å². The normalized spacial score (nSPS) is 19.4. The topological polar surface area (TPSA) is 65.5 Å². The summed E-state index contributed by atoms with van der Waals surface area (Å²) in [4.78, 5) is 19.1. The Morgan fingerprint density at radius 2 is 1.76 bits per heavy atom. The van der Waals surface area contributed by atoms with Gasteiger partial charge in [-0.2, -0.15) is 0 Å². The molecule has 0 atom stereocenters. The van der Waals surface area contributed by atoms with Gasteiger partial charge in [-0.05, 0) is 81.2 Å². The van der Waals surface area contributed by atoms with E-state index in [4.69, 9.17) is 0 Å². The zero-order valence-corrected chi connectivity index (χ0v) is 16.9. The number of phenolic OH excluding ortho intramolecular Hbond substituents is 1. The number of aromatic hydroxyl groups is 1. The average Bonchev–Trinajstić information content (AvgIpc) is 2.74. The van der Waals surface area contributed by atoms with E-state index in [-0.39, 0.29) is 17.7 Å². The van der Waals surface area contributed by atoms with Crippen LogP contribution in [-0.2, 0) is 0 Å². The van der Waals surface area contributed by atoms with Crippen molar-refractivity contribution in [3.05, 3.63) is 60.3 Å². The molecule has 150 valence electrons. The maximum atomic E-state index is 12.6. The van der Waals surface area contributed by atoms with Crippen molar-refractivity contribution in [2.24, 2.45) is 0 Å². The van der Waals surface area contributed by atoms with Crippen molar-refractivity contribution in [2.45, 2.75) is 37.8 Å². The third-order valence-corrected chi connectivity index (χ3v) is 5.93. The summed E-state index contributed by atoms with van der Waals surface area (Å²) in [7, 11) is 4.24. The molecule has 4 rings (SSSR count). The summed E-state index contributed by atoms with van der Waals surface area (Å²) in [5, 5.41) is 14.3. The summed E-state index contributed by atoms with van der Waals surface area (Å²) < 4.78 is 0. The Morgan fingerprint density at radius 1 is 1.03 bits per heavy atom. The van der Waals surface area contributed by atoms with Crippen LogP contribution >= 0.6 is 0 Å². The van der Waals surface area contributed by atoms with Gasteiger partial charge in [0.05, 0.1) is 0 Å². The molecule has 5 nitrogen and oxygen atoms in total. The van der Waals surface area contributed by atoms with Crippen LogP contribution in [0.5, 0.6) is 5.75 Å². The molecular weight excluding hydrogens is 362 g/mol. The van der Waals surface area contributed by atoms with E-state index in [9.17, 15) is 9.90 Å². The number of pyridine rings is 1. The highest BCUT2D eigenvalue weighted by atomic mass is 16.3. The second kappa shape index (κ2) is 8.21. The lowest BCUT2D eigenvalue weighted by atomic mass is 9.90. The fraction of sp³-hybridized carbons (Fsp3) is 0.333. The fourth-order valence-corrected chi connectivity index (χ4v) is 4.16. The van der Waals surface area contributed by atoms with Gasteiger partial charge >= 0.3 is 0 Å². The van der Waals surface area contributed by atoms with Crippen molar-refractivity contribution in [3.8, 4) is 16.9 Å². The zero-order chi connectivity index (χ0) is 20.4. The molecule has 2 aromatic carbocycles. The monoisotopic (exact) mass is 389 g/mol. The molecular formula is C24H27N3O2. The summed E-state index contributed by atoms with van der Waals surface area (Å²) >= 11 is 0. The smallest absolute Gasteiger partial charge is 0.251 e. The Kier molecular flexibility index (Phi) is 5.49. The lowest BCUT2D eigenvalue weighted by molar-refractivity contribution is 0.0916. The highest BCUT2D eigenvalue weighted by Crippen LogP contribution is 2.30. The standard InChI is InChI=1S/C24H27N3O2/c1-27(2)21-11-9-20(10-12-21)26-24(29)17-7-5-16(6-8-17)19-14-18-4-3-13-25-23(18)22(28)15-19/h3-8,13-15,20-21,28H,9-12H2,1-2H3,(H,26,29)/t20-,21-. The Balaban J connectivity index is 1.45. The van der Waals surface area contributed by atoms with Gasteiger partial charge in [0.2, 0.25) is 0 Å². The SMILES string of the molecule is CN(C)[C@H]1CC[C@H](NC(=O)c2ccc(-c3cc(O)c4ncccc4c3)cc2)CC1. The van der Waals surface area contributed by atoms with E-state index in [1.807, 2.05) is 42.5 Å². The highest BCUT2D eigenvalue weighted by molar-refractivity contribution is 5.95. The molecule has 0 aliphatic heterocycles. The Morgan fingerprint density at radius 3 is 2.45 bits per heavy atom. The van der Waals surface area contributed by atoms with E-state index in [2.05, 4.69) is 29.3 Å². The van der Waals surface area contributed by atoms with Gasteiger partial charge in [-0.1, -0.05) is 18.2 Å². The number of hydrogen-bond acceptors (Lipinski definition) is 4. The maximum absolute atomic E-state index is 12.6. The first-order valence-electron chi connectivity index (χ1n) is 10.2. The molecule has 29 heavy (non-hydrogen) atoms. The minimum Gasteiger partial charge on any atom is -0.506 e. The number of carbonyl (C=O) groups excluding carboxylic acids is 1. The number of aromatic nitrogens is 1. The van der Waals surface area contributed by atoms with E-state index in [1.54, 1.807) is 12.3 Å². The molecule has 0 bridgehead atoms. The van der Waals surface area contributed by atoms with E-state index in [0.29, 0.717) is 17.1 Å². The largest absolute Gasteiger partial charge is 0.506 e. The molecule has 1 aliphatic carbocycles. The molecule has 0 spiro atoms. The molecule has 1 amide bonds. The molecule has 1 aliphatic rings. The van der Waals surface area contributed by atoms with Gasteiger partial charge in [0.15, 0.2) is 0 Å². The van der Waals surface area contributed by atoms with Crippen LogP contribution in [0.25, 0.3) is 22.0 Å². The van der Waals surface area contributed by atoms with E-state index >= 15 is 0 Å². The predicted octanol–water partition coefficient (Wildman–Crippen LogP) is 4.21. The van der Waals surface area contributed by atoms with Gasteiger partial charge in [0.25, 0.3) is 5.91 Å². The van der Waals surface area contributed by atoms with E-state index in [0.717, 1.165) is 42.2 Å². The fourth-order valence-electron chi connectivity index (χ4n) is 4.16. The zero-order valence-electron chi connectivity index (χ0n) is 16.9. The number of phenols is 1. The number of carbonyl (C=O) groups is 1. The summed E-state index contributed by atoms with van der Waals surface area (Å²) in [5.74, 6) is 0.142. The van der Waals surface area contributed by atoms with Crippen LogP contribution in [0, 0.1) is 0 Å². The minimum atomic E-state index is -0.0181. The van der Waals surface area contributed by atoms with Crippen LogP contribution in [0.15, 0.2) is 54.7 Å². The van der Waals surface area contributed by atoms with Gasteiger partial charge in [0.1, 0.15) is 11.3 Å². The molecule has 0 radical (unpaired) electrons. The number of nitrogens with zero attached hydrogens (tertiary/aromatic N) is 2. The number of nitrogens with one attached hydrogen (secondary N) is 1. The Labute approximate surface area is 171 Å². The Hall–Kier alpha value is -2.92. The molecule has 3 aromatic rings. The number of rotatable bonds is 4. The van der Waals surface area contributed by atoms with Crippen molar-refractivity contribution in [1.29, 1.82) is 0 Å². The van der Waals surface area contributed by atoms with E-state index < -0.39 is 0 Å². The summed E-state index contributed by atoms with van der Waals surface area (Å²) in [5.41, 5.74) is 3.11. The lowest BCUT2D eigenvalue weighted by Crippen LogP contribution is -2.41. The molecule has 2 N–H and O–H groups in total. The maximum Gasteiger partial charge on any atom is 0.251 e. The molecule has 1 aromatic heterocycles. The van der Waals surface area contributed by atoms with Gasteiger partial charge < -0.3 is 15.3 Å². The van der Waals surface area contributed by atoms with Crippen molar-refractivity contribution in [3.63, 3.8) is 0 Å². The molecule has 0 saturated heterocycles. The predicted molar refractivity (Wildman–Crippen MR) is 116 cm³/mol. The van der Waals surface area contributed by atoms with Crippen LogP contribution in [0.1, 0.15) is 36.0 Å². The van der Waals surface area contributed by atoms with Crippen molar-refractivity contribution in [2.75, 3.05) is 14.1 Å². The Bertz CT molecular complexity index is 1010. The first kappa shape index (κ1) is 19.4. The molecule has 1 fully saturated rings. The van der Waals surface area contributed by atoms with Crippen LogP contribution in [0.2, 0.25) is 0 Å². The third-order valence-electron chi connectivity index (χ3n) is 5.93. The summed E-state index contributed by atoms with van der Waals surface area (Å²) in [6.07, 6.45) is 5.96. The van der Waals surface area contributed by atoms with Crippen molar-refractivity contribution in [1.82, 2.24) is 15.2 Å². The van der Waals surface area contributed by atoms with Crippen molar-refractivity contribution >= 4 is 16.8 Å². The quantitative estimate of drug-likeness (QED) is 0.702. The second-order valence-corrected chi connectivity index (χ2v) is 8.09. The molecule has 1 heterocycles. The first-order valence-corrected chi connectivity index (χ1v) is 10.2. The number of benzene rings is 2. The van der Waals surface area contributed by atoms with Crippen LogP contribution in [-0.4, -0.2) is 47.1 Å². The van der Waals surface area contributed by atoms with Crippen LogP contribution in [0.3, 0.4) is 0 Å². The van der Waals surface area contributed by atoms with Crippen LogP contribution in [0.4, 0.5) is 0 Å². The number of amides is 1. The molecule has 0 unspecified atom stereocenters. The van der Waals surface area contributed by atoms with Gasteiger partial charge in [0, 0.05) is 29.2 Å². The third kappa shape index (κ3) is 4.25. The first-order chi connectivity index (χ1) is 14.0. The van der Waals surface area contributed by atoms with E-state index in [1.165, 1.54) is 0 Å². The summed E-state index contributed by atoms with van der Waals surface area (Å²) in [6, 6.07) is 15.9. The minimum absolute atomic E-state index is 0.0181. The van der Waals surface area contributed by atoms with Crippen LogP contribution < -0.4 is 5.32 Å². The number of fused-ring (bicyclic) bond motifs is 1. The highest BCUT2D eigenvalue weighted by Gasteiger charge is 2.23. The van der Waals surface area contributed by atoms with Crippen molar-refractivity contribution < 1.29 is 9.90 Å². The second-order valence-electron chi connectivity index (χ2n) is 8.09. The summed E-state index contributed by atoms with van der Waals surface area (Å²) in [6.45, 7) is 0. The molecule has 5 heteroatoms. The lowest BCUT2D eigenvalue weighted by Gasteiger charge is -2.33.